The third kappa shape index (κ3) is 1.64. The van der Waals surface area contributed by atoms with Gasteiger partial charge in [0.25, 0.3) is 0 Å². The molecule has 0 radical (unpaired) electrons. The van der Waals surface area contributed by atoms with E-state index in [2.05, 4.69) is 5.16 Å². The maximum atomic E-state index is 5.52. The molecule has 0 saturated carbocycles. The molecule has 1 unspecified atom stereocenters. The molecule has 0 spiro atoms. The molecule has 4 heteroatoms. The van der Waals surface area contributed by atoms with Crippen molar-refractivity contribution in [2.75, 3.05) is 7.11 Å². The van der Waals surface area contributed by atoms with Crippen LogP contribution in [0.25, 0.3) is 0 Å². The fourth-order valence-electron chi connectivity index (χ4n) is 1.39. The Morgan fingerprint density at radius 2 is 2.14 bits per heavy atom. The highest BCUT2D eigenvalue weighted by Gasteiger charge is 2.20. The molecule has 1 heterocycles. The van der Waals surface area contributed by atoms with Gasteiger partial charge in [0.15, 0.2) is 6.10 Å². The average Bonchev–Trinajstić information content (AvgIpc) is 2.65. The largest absolute Gasteiger partial charge is 0.497 e. The summed E-state index contributed by atoms with van der Waals surface area (Å²) in [7, 11) is 1.64. The van der Waals surface area contributed by atoms with E-state index in [1.54, 1.807) is 7.11 Å². The van der Waals surface area contributed by atoms with Crippen molar-refractivity contribution in [1.82, 2.24) is 0 Å². The summed E-state index contributed by atoms with van der Waals surface area (Å²) >= 11 is 0. The molecule has 0 aromatic heterocycles. The molecule has 1 aromatic carbocycles. The van der Waals surface area contributed by atoms with E-state index in [0.29, 0.717) is 12.3 Å². The van der Waals surface area contributed by atoms with E-state index < -0.39 is 0 Å². The summed E-state index contributed by atoms with van der Waals surface area (Å²) < 4.78 is 5.06. The Bertz CT molecular complexity index is 346. The van der Waals surface area contributed by atoms with E-state index in [1.165, 1.54) is 0 Å². The van der Waals surface area contributed by atoms with Gasteiger partial charge in [0.1, 0.15) is 11.6 Å². The number of ether oxygens (including phenoxy) is 1. The van der Waals surface area contributed by atoms with Gasteiger partial charge in [-0.2, -0.15) is 0 Å². The second kappa shape index (κ2) is 3.57. The lowest BCUT2D eigenvalue weighted by Gasteiger charge is -2.08. The van der Waals surface area contributed by atoms with E-state index in [-0.39, 0.29) is 6.10 Å². The zero-order valence-electron chi connectivity index (χ0n) is 7.93. The Hall–Kier alpha value is -1.71. The van der Waals surface area contributed by atoms with Crippen molar-refractivity contribution >= 4 is 5.84 Å². The van der Waals surface area contributed by atoms with E-state index in [1.807, 2.05) is 24.3 Å². The third-order valence-electron chi connectivity index (χ3n) is 2.18. The van der Waals surface area contributed by atoms with Gasteiger partial charge in [-0.05, 0) is 17.7 Å². The van der Waals surface area contributed by atoms with Crippen molar-refractivity contribution in [3.8, 4) is 5.75 Å². The SMILES string of the molecule is COc1ccc(C2CC(N)=NO2)cc1. The minimum atomic E-state index is -0.0408. The second-order valence-corrected chi connectivity index (χ2v) is 3.15. The predicted octanol–water partition coefficient (Wildman–Crippen LogP) is 1.43. The summed E-state index contributed by atoms with van der Waals surface area (Å²) in [5.74, 6) is 1.38. The molecule has 0 saturated heterocycles. The summed E-state index contributed by atoms with van der Waals surface area (Å²) in [6.45, 7) is 0. The molecule has 1 atom stereocenters. The summed E-state index contributed by atoms with van der Waals surface area (Å²) in [5, 5.41) is 3.70. The lowest BCUT2D eigenvalue weighted by molar-refractivity contribution is 0.0857. The third-order valence-corrected chi connectivity index (χ3v) is 2.18. The Labute approximate surface area is 82.3 Å². The van der Waals surface area contributed by atoms with E-state index in [9.17, 15) is 0 Å². The normalized spacial score (nSPS) is 20.1. The van der Waals surface area contributed by atoms with Gasteiger partial charge in [-0.25, -0.2) is 0 Å². The lowest BCUT2D eigenvalue weighted by atomic mass is 10.1. The highest BCUT2D eigenvalue weighted by molar-refractivity contribution is 5.81. The van der Waals surface area contributed by atoms with Crippen LogP contribution in [0.3, 0.4) is 0 Å². The van der Waals surface area contributed by atoms with Gasteiger partial charge in [0.05, 0.1) is 13.5 Å². The molecule has 4 nitrogen and oxygen atoms in total. The van der Waals surface area contributed by atoms with Crippen LogP contribution in [0.15, 0.2) is 29.4 Å². The van der Waals surface area contributed by atoms with Gasteiger partial charge >= 0.3 is 0 Å². The molecule has 2 N–H and O–H groups in total. The van der Waals surface area contributed by atoms with Crippen LogP contribution in [0.5, 0.6) is 5.75 Å². The Kier molecular flexibility index (Phi) is 2.26. The first-order chi connectivity index (χ1) is 6.79. The number of nitrogens with two attached hydrogens (primary N) is 1. The highest BCUT2D eigenvalue weighted by Crippen LogP contribution is 2.27. The van der Waals surface area contributed by atoms with Crippen LogP contribution in [0.2, 0.25) is 0 Å². The standard InChI is InChI=1S/C10H12N2O2/c1-13-8-4-2-7(3-5-8)9-6-10(11)12-14-9/h2-5,9H,6H2,1H3,(H2,11,12). The van der Waals surface area contributed by atoms with E-state index >= 15 is 0 Å². The van der Waals surface area contributed by atoms with Gasteiger partial charge in [0.2, 0.25) is 0 Å². The van der Waals surface area contributed by atoms with Crippen molar-refractivity contribution in [1.29, 1.82) is 0 Å². The number of hydrogen-bond donors (Lipinski definition) is 1. The Morgan fingerprint density at radius 3 is 2.64 bits per heavy atom. The second-order valence-electron chi connectivity index (χ2n) is 3.15. The topological polar surface area (TPSA) is 56.8 Å². The molecular formula is C10H12N2O2. The zero-order valence-corrected chi connectivity index (χ0v) is 7.93. The van der Waals surface area contributed by atoms with Gasteiger partial charge in [-0.1, -0.05) is 17.3 Å². The monoisotopic (exact) mass is 192 g/mol. The van der Waals surface area contributed by atoms with Gasteiger partial charge in [0, 0.05) is 0 Å². The van der Waals surface area contributed by atoms with Gasteiger partial charge in [-0.15, -0.1) is 0 Å². The average molecular weight is 192 g/mol. The molecule has 0 aliphatic carbocycles. The number of benzene rings is 1. The molecular weight excluding hydrogens is 180 g/mol. The van der Waals surface area contributed by atoms with Crippen molar-refractivity contribution in [2.45, 2.75) is 12.5 Å². The molecule has 0 amide bonds. The Morgan fingerprint density at radius 1 is 1.43 bits per heavy atom. The molecule has 0 bridgehead atoms. The van der Waals surface area contributed by atoms with Crippen LogP contribution in [-0.4, -0.2) is 12.9 Å². The number of methoxy groups -OCH3 is 1. The first-order valence-electron chi connectivity index (χ1n) is 4.41. The van der Waals surface area contributed by atoms with Crippen LogP contribution >= 0.6 is 0 Å². The quantitative estimate of drug-likeness (QED) is 0.771. The van der Waals surface area contributed by atoms with Crippen molar-refractivity contribution in [2.24, 2.45) is 10.9 Å². The Balaban J connectivity index is 2.11. The zero-order chi connectivity index (χ0) is 9.97. The summed E-state index contributed by atoms with van der Waals surface area (Å²) in [6.07, 6.45) is 0.618. The van der Waals surface area contributed by atoms with Crippen LogP contribution in [0, 0.1) is 0 Å². The molecule has 2 rings (SSSR count). The smallest absolute Gasteiger partial charge is 0.159 e. The summed E-state index contributed by atoms with van der Waals surface area (Å²) in [5.41, 5.74) is 6.58. The molecule has 0 fully saturated rings. The first kappa shape index (κ1) is 8.87. The van der Waals surface area contributed by atoms with Gasteiger partial charge < -0.3 is 15.3 Å². The van der Waals surface area contributed by atoms with Crippen LogP contribution in [0.4, 0.5) is 0 Å². The molecule has 1 aromatic rings. The molecule has 14 heavy (non-hydrogen) atoms. The minimum Gasteiger partial charge on any atom is -0.497 e. The van der Waals surface area contributed by atoms with Crippen molar-refractivity contribution in [3.63, 3.8) is 0 Å². The molecule has 1 aliphatic rings. The fraction of sp³-hybridized carbons (Fsp3) is 0.300. The maximum Gasteiger partial charge on any atom is 0.159 e. The maximum absolute atomic E-state index is 5.52. The lowest BCUT2D eigenvalue weighted by Crippen LogP contribution is -2.09. The first-order valence-corrected chi connectivity index (χ1v) is 4.41. The number of amidine groups is 1. The number of nitrogens with zero attached hydrogens (tertiary/aromatic N) is 1. The number of rotatable bonds is 2. The molecule has 74 valence electrons. The summed E-state index contributed by atoms with van der Waals surface area (Å²) in [4.78, 5) is 5.15. The van der Waals surface area contributed by atoms with Gasteiger partial charge in [-0.3, -0.25) is 0 Å². The number of hydrogen-bond acceptors (Lipinski definition) is 4. The molecule has 1 aliphatic heterocycles. The van der Waals surface area contributed by atoms with Crippen molar-refractivity contribution in [3.05, 3.63) is 29.8 Å². The fourth-order valence-corrected chi connectivity index (χ4v) is 1.39. The van der Waals surface area contributed by atoms with E-state index in [0.717, 1.165) is 11.3 Å². The van der Waals surface area contributed by atoms with Crippen LogP contribution < -0.4 is 10.5 Å². The minimum absolute atomic E-state index is 0.0408. The van der Waals surface area contributed by atoms with Crippen LogP contribution in [0.1, 0.15) is 18.1 Å². The highest BCUT2D eigenvalue weighted by atomic mass is 16.6. The van der Waals surface area contributed by atoms with Crippen LogP contribution in [-0.2, 0) is 4.84 Å². The van der Waals surface area contributed by atoms with E-state index in [4.69, 9.17) is 15.3 Å². The predicted molar refractivity (Wildman–Crippen MR) is 53.1 cm³/mol. The number of oxime groups is 1. The van der Waals surface area contributed by atoms with Crippen molar-refractivity contribution < 1.29 is 9.57 Å². The summed E-state index contributed by atoms with van der Waals surface area (Å²) in [6, 6.07) is 7.70.